The van der Waals surface area contributed by atoms with Gasteiger partial charge in [-0.1, -0.05) is 41.9 Å². The van der Waals surface area contributed by atoms with E-state index in [2.05, 4.69) is 31.2 Å². The average Bonchev–Trinajstić information content (AvgIpc) is 2.95. The fraction of sp³-hybridized carbons (Fsp3) is 0.412. The van der Waals surface area contributed by atoms with Crippen LogP contribution < -0.4 is 5.32 Å². The Balaban J connectivity index is 1.89. The Morgan fingerprint density at radius 1 is 1.35 bits per heavy atom. The molecule has 0 bridgehead atoms. The number of halogens is 1. The molecule has 124 valence electrons. The van der Waals surface area contributed by atoms with Crippen LogP contribution in [0.2, 0.25) is 0 Å². The van der Waals surface area contributed by atoms with Gasteiger partial charge >= 0.3 is 5.97 Å². The van der Waals surface area contributed by atoms with E-state index in [1.54, 1.807) is 6.20 Å². The first-order chi connectivity index (χ1) is 11.0. The predicted octanol–water partition coefficient (Wildman–Crippen LogP) is 3.68. The molecule has 0 saturated heterocycles. The molecule has 0 aliphatic heterocycles. The minimum Gasteiger partial charge on any atom is -0.481 e. The third kappa shape index (κ3) is 5.48. The van der Waals surface area contributed by atoms with Crippen molar-refractivity contribution in [3.05, 3.63) is 40.8 Å². The van der Waals surface area contributed by atoms with Crippen molar-refractivity contribution in [2.75, 3.05) is 6.54 Å². The molecular weight excluding hydrogens is 358 g/mol. The average molecular weight is 380 g/mol. The first-order valence-corrected chi connectivity index (χ1v) is 8.48. The van der Waals surface area contributed by atoms with Gasteiger partial charge in [-0.3, -0.25) is 4.79 Å². The fourth-order valence-electron chi connectivity index (χ4n) is 2.43. The number of aromatic nitrogens is 2. The number of hydrogen-bond acceptors (Lipinski definition) is 3. The molecule has 2 aromatic rings. The first-order valence-electron chi connectivity index (χ1n) is 7.69. The van der Waals surface area contributed by atoms with Gasteiger partial charge in [0.15, 0.2) is 0 Å². The Labute approximate surface area is 144 Å². The number of nitrogens with one attached hydrogen (secondary N) is 2. The number of nitrogens with zero attached hydrogens (tertiary/aromatic N) is 1. The molecule has 2 rings (SSSR count). The number of H-pyrrole nitrogens is 1. The standard InChI is InChI=1S/C17H22BrN3O2/c1-11(2)7-13(17(22)23)8-19-10-16-20-9-15(21-16)12-3-5-14(18)6-4-12/h3-6,9,11,13,19H,7-8,10H2,1-2H3,(H,20,21)(H,22,23). The van der Waals surface area contributed by atoms with Gasteiger partial charge in [-0.15, -0.1) is 0 Å². The number of aliphatic carboxylic acids is 1. The van der Waals surface area contributed by atoms with Gasteiger partial charge in [0.25, 0.3) is 0 Å². The second-order valence-electron chi connectivity index (χ2n) is 6.05. The summed E-state index contributed by atoms with van der Waals surface area (Å²) in [5, 5.41) is 12.4. The Morgan fingerprint density at radius 2 is 2.04 bits per heavy atom. The highest BCUT2D eigenvalue weighted by atomic mass is 79.9. The maximum absolute atomic E-state index is 11.2. The molecular formula is C17H22BrN3O2. The minimum atomic E-state index is -0.749. The maximum atomic E-state index is 11.2. The van der Waals surface area contributed by atoms with E-state index in [1.807, 2.05) is 38.1 Å². The van der Waals surface area contributed by atoms with Crippen LogP contribution in [0.5, 0.6) is 0 Å². The summed E-state index contributed by atoms with van der Waals surface area (Å²) in [6, 6.07) is 7.99. The highest BCUT2D eigenvalue weighted by Crippen LogP contribution is 2.20. The second-order valence-corrected chi connectivity index (χ2v) is 6.96. The molecule has 23 heavy (non-hydrogen) atoms. The quantitative estimate of drug-likeness (QED) is 0.653. The first kappa shape index (κ1) is 17.7. The van der Waals surface area contributed by atoms with Gasteiger partial charge in [-0.2, -0.15) is 0 Å². The van der Waals surface area contributed by atoms with E-state index < -0.39 is 5.97 Å². The van der Waals surface area contributed by atoms with E-state index in [9.17, 15) is 9.90 Å². The van der Waals surface area contributed by atoms with Crippen LogP contribution in [0.15, 0.2) is 34.9 Å². The van der Waals surface area contributed by atoms with E-state index >= 15 is 0 Å². The summed E-state index contributed by atoms with van der Waals surface area (Å²) < 4.78 is 1.03. The van der Waals surface area contributed by atoms with E-state index in [1.165, 1.54) is 0 Å². The number of aromatic amines is 1. The number of carboxylic acids is 1. The van der Waals surface area contributed by atoms with Crippen LogP contribution in [0.3, 0.4) is 0 Å². The van der Waals surface area contributed by atoms with Gasteiger partial charge in [-0.25, -0.2) is 4.98 Å². The molecule has 1 aromatic heterocycles. The number of carboxylic acid groups (broad SMARTS) is 1. The molecule has 0 radical (unpaired) electrons. The van der Waals surface area contributed by atoms with Crippen LogP contribution in [0.4, 0.5) is 0 Å². The SMILES string of the molecule is CC(C)CC(CNCc1ncc(-c2ccc(Br)cc2)[nH]1)C(=O)O. The monoisotopic (exact) mass is 379 g/mol. The van der Waals surface area contributed by atoms with Gasteiger partial charge in [0, 0.05) is 11.0 Å². The minimum absolute atomic E-state index is 0.365. The van der Waals surface area contributed by atoms with Gasteiger partial charge in [0.2, 0.25) is 0 Å². The van der Waals surface area contributed by atoms with Gasteiger partial charge in [0.05, 0.1) is 24.4 Å². The summed E-state index contributed by atoms with van der Waals surface area (Å²) in [6.07, 6.45) is 2.47. The zero-order chi connectivity index (χ0) is 16.8. The lowest BCUT2D eigenvalue weighted by molar-refractivity contribution is -0.142. The highest BCUT2D eigenvalue weighted by molar-refractivity contribution is 9.10. The summed E-state index contributed by atoms with van der Waals surface area (Å²) >= 11 is 3.42. The van der Waals surface area contributed by atoms with Crippen LogP contribution in [-0.2, 0) is 11.3 Å². The van der Waals surface area contributed by atoms with Crippen molar-refractivity contribution in [3.63, 3.8) is 0 Å². The van der Waals surface area contributed by atoms with Crippen molar-refractivity contribution in [1.29, 1.82) is 0 Å². The lowest BCUT2D eigenvalue weighted by Crippen LogP contribution is -2.29. The summed E-state index contributed by atoms with van der Waals surface area (Å²) in [5.41, 5.74) is 2.02. The van der Waals surface area contributed by atoms with E-state index in [-0.39, 0.29) is 5.92 Å². The molecule has 1 heterocycles. The van der Waals surface area contributed by atoms with E-state index in [0.29, 0.717) is 25.4 Å². The largest absolute Gasteiger partial charge is 0.481 e. The van der Waals surface area contributed by atoms with Crippen LogP contribution in [-0.4, -0.2) is 27.6 Å². The Kier molecular flexibility index (Phi) is 6.36. The van der Waals surface area contributed by atoms with Crippen LogP contribution in [0.25, 0.3) is 11.3 Å². The van der Waals surface area contributed by atoms with Gasteiger partial charge < -0.3 is 15.4 Å². The molecule has 6 heteroatoms. The van der Waals surface area contributed by atoms with Gasteiger partial charge in [0.1, 0.15) is 5.82 Å². The van der Waals surface area contributed by atoms with E-state index in [4.69, 9.17) is 0 Å². The Morgan fingerprint density at radius 3 is 2.65 bits per heavy atom. The predicted molar refractivity (Wildman–Crippen MR) is 94.0 cm³/mol. The number of hydrogen-bond donors (Lipinski definition) is 3. The molecule has 3 N–H and O–H groups in total. The van der Waals surface area contributed by atoms with Crippen LogP contribution >= 0.6 is 15.9 Å². The van der Waals surface area contributed by atoms with Crippen molar-refractivity contribution in [1.82, 2.24) is 15.3 Å². The van der Waals surface area contributed by atoms with Crippen molar-refractivity contribution in [3.8, 4) is 11.3 Å². The second kappa shape index (κ2) is 8.26. The van der Waals surface area contributed by atoms with Crippen molar-refractivity contribution >= 4 is 21.9 Å². The number of benzene rings is 1. The Bertz CT molecular complexity index is 638. The zero-order valence-corrected chi connectivity index (χ0v) is 14.9. The zero-order valence-electron chi connectivity index (χ0n) is 13.3. The summed E-state index contributed by atoms with van der Waals surface area (Å²) in [6.45, 7) is 5.04. The number of carbonyl (C=O) groups is 1. The highest BCUT2D eigenvalue weighted by Gasteiger charge is 2.18. The smallest absolute Gasteiger partial charge is 0.307 e. The fourth-order valence-corrected chi connectivity index (χ4v) is 2.70. The number of rotatable bonds is 8. The molecule has 0 aliphatic carbocycles. The molecule has 5 nitrogen and oxygen atoms in total. The third-order valence-corrected chi connectivity index (χ3v) is 4.10. The Hall–Kier alpha value is -1.66. The molecule has 0 amide bonds. The molecule has 0 spiro atoms. The molecule has 0 aliphatic rings. The lowest BCUT2D eigenvalue weighted by Gasteiger charge is -2.14. The normalized spacial score (nSPS) is 12.5. The third-order valence-electron chi connectivity index (χ3n) is 3.57. The summed E-state index contributed by atoms with van der Waals surface area (Å²) in [5.74, 6) is 0.0548. The molecule has 1 aromatic carbocycles. The van der Waals surface area contributed by atoms with Crippen LogP contribution in [0.1, 0.15) is 26.1 Å². The number of imidazole rings is 1. The van der Waals surface area contributed by atoms with Crippen molar-refractivity contribution in [2.45, 2.75) is 26.8 Å². The summed E-state index contributed by atoms with van der Waals surface area (Å²) in [4.78, 5) is 18.8. The molecule has 0 fully saturated rings. The maximum Gasteiger partial charge on any atom is 0.307 e. The molecule has 1 unspecified atom stereocenters. The van der Waals surface area contributed by atoms with E-state index in [0.717, 1.165) is 21.6 Å². The molecule has 1 atom stereocenters. The topological polar surface area (TPSA) is 78.0 Å². The van der Waals surface area contributed by atoms with Crippen molar-refractivity contribution < 1.29 is 9.90 Å². The van der Waals surface area contributed by atoms with Crippen molar-refractivity contribution in [2.24, 2.45) is 11.8 Å². The molecule has 0 saturated carbocycles. The van der Waals surface area contributed by atoms with Crippen LogP contribution in [0, 0.1) is 11.8 Å². The lowest BCUT2D eigenvalue weighted by atomic mass is 9.97. The summed E-state index contributed by atoms with van der Waals surface area (Å²) in [7, 11) is 0. The van der Waals surface area contributed by atoms with Gasteiger partial charge in [-0.05, 0) is 30.0 Å².